The Balaban J connectivity index is 0.00000144. The Hall–Kier alpha value is -1.81. The summed E-state index contributed by atoms with van der Waals surface area (Å²) in [7, 11) is 0. The number of hydrogen-bond donors (Lipinski definition) is 1. The molecule has 0 aliphatic rings. The van der Waals surface area contributed by atoms with E-state index in [1.165, 1.54) is 21.9 Å². The lowest BCUT2D eigenvalue weighted by Gasteiger charge is -2.14. The van der Waals surface area contributed by atoms with Crippen LogP contribution in [0, 0.1) is 0 Å². The molecule has 1 aromatic heterocycles. The van der Waals surface area contributed by atoms with E-state index in [9.17, 15) is 0 Å². The Morgan fingerprint density at radius 2 is 1.79 bits per heavy atom. The number of pyridine rings is 1. The third-order valence-corrected chi connectivity index (χ3v) is 3.65. The first-order chi connectivity index (χ1) is 10.9. The van der Waals surface area contributed by atoms with Crippen LogP contribution >= 0.6 is 24.8 Å². The van der Waals surface area contributed by atoms with E-state index in [2.05, 4.69) is 52.8 Å². The second-order valence-electron chi connectivity index (χ2n) is 5.16. The summed E-state index contributed by atoms with van der Waals surface area (Å²) in [5.74, 6) is 0.958. The van der Waals surface area contributed by atoms with Crippen molar-refractivity contribution in [3.8, 4) is 5.75 Å². The predicted octanol–water partition coefficient (Wildman–Crippen LogP) is 4.77. The minimum Gasteiger partial charge on any atom is -0.494 e. The van der Waals surface area contributed by atoms with E-state index in [-0.39, 0.29) is 24.8 Å². The van der Waals surface area contributed by atoms with Crippen LogP contribution < -0.4 is 10.1 Å². The third-order valence-electron chi connectivity index (χ3n) is 3.65. The van der Waals surface area contributed by atoms with Crippen molar-refractivity contribution in [2.45, 2.75) is 20.0 Å². The average Bonchev–Trinajstić information content (AvgIpc) is 2.57. The number of aromatic nitrogens is 1. The Labute approximate surface area is 155 Å². The quantitative estimate of drug-likeness (QED) is 0.684. The summed E-state index contributed by atoms with van der Waals surface area (Å²) in [5, 5.41) is 5.97. The van der Waals surface area contributed by atoms with Gasteiger partial charge in [0.1, 0.15) is 5.75 Å². The molecule has 128 valence electrons. The molecule has 0 bridgehead atoms. The lowest BCUT2D eigenvalue weighted by atomic mass is 10.0. The number of rotatable bonds is 6. The highest BCUT2D eigenvalue weighted by Gasteiger charge is 2.08. The fourth-order valence-corrected chi connectivity index (χ4v) is 2.62. The maximum atomic E-state index is 5.80. The molecular formula is C19H22Cl2N2O. The molecule has 0 fully saturated rings. The lowest BCUT2D eigenvalue weighted by Crippen LogP contribution is -2.14. The summed E-state index contributed by atoms with van der Waals surface area (Å²) in [5.41, 5.74) is 2.39. The van der Waals surface area contributed by atoms with Crippen molar-refractivity contribution in [3.63, 3.8) is 0 Å². The molecule has 0 atom stereocenters. The minimum absolute atomic E-state index is 0. The van der Waals surface area contributed by atoms with Gasteiger partial charge in [-0.15, -0.1) is 24.8 Å². The largest absolute Gasteiger partial charge is 0.494 e. The Kier molecular flexibility index (Phi) is 8.55. The zero-order chi connectivity index (χ0) is 15.2. The molecular weight excluding hydrogens is 343 g/mol. The van der Waals surface area contributed by atoms with Gasteiger partial charge in [0, 0.05) is 31.0 Å². The molecule has 3 rings (SSSR count). The second kappa shape index (κ2) is 10.1. The minimum atomic E-state index is 0. The molecule has 0 amide bonds. The van der Waals surface area contributed by atoms with Crippen LogP contribution in [0.2, 0.25) is 0 Å². The fourth-order valence-electron chi connectivity index (χ4n) is 2.62. The van der Waals surface area contributed by atoms with Gasteiger partial charge in [0.15, 0.2) is 0 Å². The van der Waals surface area contributed by atoms with Gasteiger partial charge in [0.2, 0.25) is 0 Å². The van der Waals surface area contributed by atoms with Crippen molar-refractivity contribution >= 4 is 35.6 Å². The number of hydrogen-bond acceptors (Lipinski definition) is 3. The standard InChI is InChI=1S/C19H20N2O.2ClH/c1-2-22-19-10-9-16-7-3-4-8-17(16)18(19)14-21-13-15-6-5-11-20-12-15;;/h3-12,21H,2,13-14H2,1H3;2*1H. The third kappa shape index (κ3) is 4.84. The summed E-state index contributed by atoms with van der Waals surface area (Å²) in [6.45, 7) is 4.25. The predicted molar refractivity (Wildman–Crippen MR) is 104 cm³/mol. The van der Waals surface area contributed by atoms with Gasteiger partial charge in [-0.1, -0.05) is 36.4 Å². The lowest BCUT2D eigenvalue weighted by molar-refractivity contribution is 0.336. The molecule has 24 heavy (non-hydrogen) atoms. The van der Waals surface area contributed by atoms with Crippen molar-refractivity contribution in [2.24, 2.45) is 0 Å². The SMILES string of the molecule is CCOc1ccc2ccccc2c1CNCc1cccnc1.Cl.Cl. The smallest absolute Gasteiger partial charge is 0.124 e. The van der Waals surface area contributed by atoms with E-state index in [0.29, 0.717) is 6.61 Å². The van der Waals surface area contributed by atoms with Gasteiger partial charge < -0.3 is 10.1 Å². The van der Waals surface area contributed by atoms with Gasteiger partial charge in [-0.2, -0.15) is 0 Å². The average molecular weight is 365 g/mol. The normalized spacial score (nSPS) is 9.88. The Morgan fingerprint density at radius 1 is 0.958 bits per heavy atom. The first-order valence-corrected chi connectivity index (χ1v) is 7.61. The molecule has 3 aromatic rings. The van der Waals surface area contributed by atoms with Crippen LogP contribution in [0.25, 0.3) is 10.8 Å². The van der Waals surface area contributed by atoms with Crippen molar-refractivity contribution in [1.29, 1.82) is 0 Å². The van der Waals surface area contributed by atoms with Crippen LogP contribution in [-0.4, -0.2) is 11.6 Å². The first kappa shape index (κ1) is 20.2. The molecule has 1 N–H and O–H groups in total. The van der Waals surface area contributed by atoms with E-state index >= 15 is 0 Å². The highest BCUT2D eigenvalue weighted by Crippen LogP contribution is 2.28. The van der Waals surface area contributed by atoms with Crippen LogP contribution in [0.3, 0.4) is 0 Å². The fraction of sp³-hybridized carbons (Fsp3) is 0.211. The first-order valence-electron chi connectivity index (χ1n) is 7.61. The highest BCUT2D eigenvalue weighted by atomic mass is 35.5. The maximum absolute atomic E-state index is 5.80. The number of nitrogens with zero attached hydrogens (tertiary/aromatic N) is 1. The number of fused-ring (bicyclic) bond motifs is 1. The van der Waals surface area contributed by atoms with E-state index < -0.39 is 0 Å². The molecule has 2 aromatic carbocycles. The molecule has 0 aliphatic heterocycles. The van der Waals surface area contributed by atoms with Gasteiger partial charge in [-0.05, 0) is 35.4 Å². The van der Waals surface area contributed by atoms with Gasteiger partial charge in [0.05, 0.1) is 6.61 Å². The zero-order valence-corrected chi connectivity index (χ0v) is 15.2. The molecule has 0 aliphatic carbocycles. The molecule has 0 unspecified atom stereocenters. The molecule has 0 spiro atoms. The van der Waals surface area contributed by atoms with Gasteiger partial charge in [0.25, 0.3) is 0 Å². The summed E-state index contributed by atoms with van der Waals surface area (Å²) in [6, 6.07) is 16.6. The maximum Gasteiger partial charge on any atom is 0.124 e. The van der Waals surface area contributed by atoms with Crippen LogP contribution in [0.1, 0.15) is 18.1 Å². The number of benzene rings is 2. The molecule has 1 heterocycles. The van der Waals surface area contributed by atoms with E-state index in [0.717, 1.165) is 18.8 Å². The van der Waals surface area contributed by atoms with Crippen molar-refractivity contribution in [2.75, 3.05) is 6.61 Å². The summed E-state index contributed by atoms with van der Waals surface area (Å²) >= 11 is 0. The summed E-state index contributed by atoms with van der Waals surface area (Å²) in [6.07, 6.45) is 3.68. The van der Waals surface area contributed by atoms with Gasteiger partial charge >= 0.3 is 0 Å². The van der Waals surface area contributed by atoms with Crippen LogP contribution in [-0.2, 0) is 13.1 Å². The zero-order valence-electron chi connectivity index (χ0n) is 13.6. The van der Waals surface area contributed by atoms with E-state index in [4.69, 9.17) is 4.74 Å². The molecule has 5 heteroatoms. The monoisotopic (exact) mass is 364 g/mol. The van der Waals surface area contributed by atoms with Gasteiger partial charge in [-0.3, -0.25) is 4.98 Å². The summed E-state index contributed by atoms with van der Waals surface area (Å²) < 4.78 is 5.80. The highest BCUT2D eigenvalue weighted by molar-refractivity contribution is 5.87. The Bertz CT molecular complexity index is 751. The Morgan fingerprint density at radius 3 is 2.54 bits per heavy atom. The van der Waals surface area contributed by atoms with Crippen molar-refractivity contribution in [3.05, 3.63) is 72.1 Å². The van der Waals surface area contributed by atoms with Crippen LogP contribution in [0.15, 0.2) is 60.9 Å². The summed E-state index contributed by atoms with van der Waals surface area (Å²) in [4.78, 5) is 4.14. The topological polar surface area (TPSA) is 34.1 Å². The second-order valence-corrected chi connectivity index (χ2v) is 5.16. The number of nitrogens with one attached hydrogen (secondary N) is 1. The molecule has 0 saturated carbocycles. The molecule has 0 radical (unpaired) electrons. The number of halogens is 2. The van der Waals surface area contributed by atoms with Crippen molar-refractivity contribution in [1.82, 2.24) is 10.3 Å². The molecule has 0 saturated heterocycles. The van der Waals surface area contributed by atoms with Crippen LogP contribution in [0.4, 0.5) is 0 Å². The van der Waals surface area contributed by atoms with Crippen LogP contribution in [0.5, 0.6) is 5.75 Å². The van der Waals surface area contributed by atoms with E-state index in [1.54, 1.807) is 6.20 Å². The number of ether oxygens (including phenoxy) is 1. The van der Waals surface area contributed by atoms with Crippen molar-refractivity contribution < 1.29 is 4.74 Å². The van der Waals surface area contributed by atoms with Gasteiger partial charge in [-0.25, -0.2) is 0 Å². The van der Waals surface area contributed by atoms with E-state index in [1.807, 2.05) is 19.2 Å². The molecule has 3 nitrogen and oxygen atoms in total.